The average molecular weight is 417 g/mol. The highest BCUT2D eigenvalue weighted by atomic mass is 32.2. The number of hydrogen-bond donors (Lipinski definition) is 1. The highest BCUT2D eigenvalue weighted by Crippen LogP contribution is 2.36. The zero-order chi connectivity index (χ0) is 20.3. The van der Waals surface area contributed by atoms with Crippen LogP contribution < -0.4 is 9.62 Å². The Morgan fingerprint density at radius 2 is 1.68 bits per heavy atom. The van der Waals surface area contributed by atoms with E-state index < -0.39 is 16.0 Å². The maximum Gasteiger partial charge on any atom is 0.349 e. The number of thiophene rings is 1. The largest absolute Gasteiger partial charge is 0.465 e. The van der Waals surface area contributed by atoms with E-state index in [1.165, 1.54) is 7.11 Å². The zero-order valence-electron chi connectivity index (χ0n) is 15.7. The van der Waals surface area contributed by atoms with Crippen LogP contribution in [0, 0.1) is 0 Å². The van der Waals surface area contributed by atoms with E-state index in [4.69, 9.17) is 4.74 Å². The van der Waals surface area contributed by atoms with E-state index in [1.807, 2.05) is 49.3 Å². The first kappa shape index (κ1) is 19.9. The van der Waals surface area contributed by atoms with E-state index >= 15 is 0 Å². The summed E-state index contributed by atoms with van der Waals surface area (Å²) in [5, 5.41) is 1.66. The maximum absolute atomic E-state index is 13.2. The van der Waals surface area contributed by atoms with Gasteiger partial charge in [0.25, 0.3) is 10.0 Å². The van der Waals surface area contributed by atoms with Gasteiger partial charge >= 0.3 is 5.97 Å². The Bertz CT molecular complexity index is 1070. The molecule has 3 rings (SSSR count). The molecule has 0 spiro atoms. The van der Waals surface area contributed by atoms with Gasteiger partial charge in [-0.3, -0.25) is 4.72 Å². The van der Waals surface area contributed by atoms with E-state index in [0.29, 0.717) is 16.8 Å². The van der Waals surface area contributed by atoms with Crippen LogP contribution in [0.2, 0.25) is 0 Å². The van der Waals surface area contributed by atoms with E-state index in [-0.39, 0.29) is 9.77 Å². The summed E-state index contributed by atoms with van der Waals surface area (Å²) >= 11 is 1.05. The summed E-state index contributed by atoms with van der Waals surface area (Å²) < 4.78 is 33.7. The van der Waals surface area contributed by atoms with Crippen LogP contribution in [0.4, 0.5) is 11.4 Å². The third-order valence-electron chi connectivity index (χ3n) is 4.11. The molecular formula is C20H20N2O4S2. The lowest BCUT2D eigenvalue weighted by Crippen LogP contribution is -2.17. The monoisotopic (exact) mass is 416 g/mol. The number of sulfonamides is 1. The Morgan fingerprint density at radius 1 is 1.04 bits per heavy atom. The summed E-state index contributed by atoms with van der Waals surface area (Å²) in [6.45, 7) is 0. The summed E-state index contributed by atoms with van der Waals surface area (Å²) in [4.78, 5) is 14.1. The van der Waals surface area contributed by atoms with Crippen LogP contribution in [0.15, 0.2) is 64.9 Å². The van der Waals surface area contributed by atoms with Crippen molar-refractivity contribution >= 4 is 38.7 Å². The number of hydrogen-bond acceptors (Lipinski definition) is 6. The topological polar surface area (TPSA) is 75.7 Å². The second-order valence-corrected chi connectivity index (χ2v) is 8.71. The lowest BCUT2D eigenvalue weighted by molar-refractivity contribution is 0.0602. The molecule has 0 saturated heterocycles. The number of anilines is 2. The molecule has 6 nitrogen and oxygen atoms in total. The highest BCUT2D eigenvalue weighted by molar-refractivity contribution is 7.93. The van der Waals surface area contributed by atoms with Crippen molar-refractivity contribution in [2.45, 2.75) is 4.90 Å². The SMILES string of the molecule is COC(=O)c1scc(-c2ccccc2)c1S(=O)(=O)Nc1ccc(N(C)C)cc1. The molecule has 0 bridgehead atoms. The van der Waals surface area contributed by atoms with Crippen molar-refractivity contribution in [1.29, 1.82) is 0 Å². The first-order valence-electron chi connectivity index (χ1n) is 8.39. The van der Waals surface area contributed by atoms with E-state index in [9.17, 15) is 13.2 Å². The van der Waals surface area contributed by atoms with Gasteiger partial charge in [0.05, 0.1) is 7.11 Å². The van der Waals surface area contributed by atoms with Crippen LogP contribution in [0.3, 0.4) is 0 Å². The Morgan fingerprint density at radius 3 is 2.25 bits per heavy atom. The zero-order valence-corrected chi connectivity index (χ0v) is 17.3. The van der Waals surface area contributed by atoms with Gasteiger partial charge in [-0.2, -0.15) is 0 Å². The van der Waals surface area contributed by atoms with Gasteiger partial charge in [0.1, 0.15) is 9.77 Å². The van der Waals surface area contributed by atoms with Gasteiger partial charge in [-0.1, -0.05) is 30.3 Å². The average Bonchev–Trinajstić information content (AvgIpc) is 3.14. The number of carbonyl (C=O) groups excluding carboxylic acids is 1. The molecule has 1 heterocycles. The third-order valence-corrected chi connectivity index (χ3v) is 6.66. The van der Waals surface area contributed by atoms with Crippen molar-refractivity contribution in [2.75, 3.05) is 30.8 Å². The Hall–Kier alpha value is -2.84. The molecule has 1 aromatic heterocycles. The van der Waals surface area contributed by atoms with Crippen LogP contribution in [-0.4, -0.2) is 35.6 Å². The van der Waals surface area contributed by atoms with Crippen LogP contribution in [0.25, 0.3) is 11.1 Å². The minimum absolute atomic E-state index is 0.0405. The first-order valence-corrected chi connectivity index (χ1v) is 10.7. The van der Waals surface area contributed by atoms with Crippen molar-refractivity contribution in [3.63, 3.8) is 0 Å². The minimum Gasteiger partial charge on any atom is -0.465 e. The molecule has 2 aromatic carbocycles. The van der Waals surface area contributed by atoms with Gasteiger partial charge in [-0.15, -0.1) is 11.3 Å². The second kappa shape index (κ2) is 8.04. The number of methoxy groups -OCH3 is 1. The molecule has 0 aliphatic carbocycles. The normalized spacial score (nSPS) is 11.1. The van der Waals surface area contributed by atoms with Crippen LogP contribution >= 0.6 is 11.3 Å². The fourth-order valence-electron chi connectivity index (χ4n) is 2.70. The predicted octanol–water partition coefficient (Wildman–Crippen LogP) is 4.07. The molecule has 3 aromatic rings. The number of rotatable bonds is 6. The second-order valence-electron chi connectivity index (χ2n) is 6.21. The van der Waals surface area contributed by atoms with Gasteiger partial charge < -0.3 is 9.64 Å². The van der Waals surface area contributed by atoms with Crippen molar-refractivity contribution in [1.82, 2.24) is 0 Å². The van der Waals surface area contributed by atoms with Crippen molar-refractivity contribution in [2.24, 2.45) is 0 Å². The van der Waals surface area contributed by atoms with Crippen LogP contribution in [-0.2, 0) is 14.8 Å². The number of esters is 1. The first-order chi connectivity index (χ1) is 13.3. The fourth-order valence-corrected chi connectivity index (χ4v) is 5.47. The summed E-state index contributed by atoms with van der Waals surface area (Å²) in [5.41, 5.74) is 2.52. The Balaban J connectivity index is 2.07. The summed E-state index contributed by atoms with van der Waals surface area (Å²) in [6, 6.07) is 16.1. The summed E-state index contributed by atoms with van der Waals surface area (Å²) in [6.07, 6.45) is 0. The standard InChI is InChI=1S/C20H20N2O4S2/c1-22(2)16-11-9-15(10-12-16)21-28(24,25)19-17(14-7-5-4-6-8-14)13-27-18(19)20(23)26-3/h4-13,21H,1-3H3. The molecule has 1 N–H and O–H groups in total. The van der Waals surface area contributed by atoms with E-state index in [2.05, 4.69) is 4.72 Å². The molecule has 146 valence electrons. The molecule has 0 atom stereocenters. The number of nitrogens with one attached hydrogen (secondary N) is 1. The maximum atomic E-state index is 13.2. The van der Waals surface area contributed by atoms with E-state index in [0.717, 1.165) is 17.0 Å². The predicted molar refractivity (Wildman–Crippen MR) is 113 cm³/mol. The number of carbonyl (C=O) groups is 1. The number of nitrogens with zero attached hydrogens (tertiary/aromatic N) is 1. The van der Waals surface area contributed by atoms with E-state index in [1.54, 1.807) is 29.6 Å². The molecule has 0 radical (unpaired) electrons. The lowest BCUT2D eigenvalue weighted by Gasteiger charge is -2.14. The molecule has 0 amide bonds. The Kier molecular flexibility index (Phi) is 5.71. The smallest absolute Gasteiger partial charge is 0.349 e. The molecule has 8 heteroatoms. The molecule has 0 aliphatic heterocycles. The minimum atomic E-state index is -4.02. The molecule has 0 aliphatic rings. The molecule has 0 saturated carbocycles. The quantitative estimate of drug-likeness (QED) is 0.613. The van der Waals surface area contributed by atoms with Crippen LogP contribution in [0.5, 0.6) is 0 Å². The van der Waals surface area contributed by atoms with Gasteiger partial charge in [-0.25, -0.2) is 13.2 Å². The van der Waals surface area contributed by atoms with Crippen molar-refractivity contribution in [3.8, 4) is 11.1 Å². The summed E-state index contributed by atoms with van der Waals surface area (Å²) in [7, 11) is 1.01. The summed E-state index contributed by atoms with van der Waals surface area (Å²) in [5.74, 6) is -0.685. The van der Waals surface area contributed by atoms with Gasteiger partial charge in [0, 0.05) is 36.4 Å². The fraction of sp³-hybridized carbons (Fsp3) is 0.150. The molecule has 28 heavy (non-hydrogen) atoms. The lowest BCUT2D eigenvalue weighted by atomic mass is 10.1. The van der Waals surface area contributed by atoms with Gasteiger partial charge in [-0.05, 0) is 29.8 Å². The van der Waals surface area contributed by atoms with Crippen LogP contribution in [0.1, 0.15) is 9.67 Å². The molecule has 0 fully saturated rings. The molecular weight excluding hydrogens is 396 g/mol. The molecule has 0 unspecified atom stereocenters. The number of ether oxygens (including phenoxy) is 1. The number of benzene rings is 2. The third kappa shape index (κ3) is 4.02. The van der Waals surface area contributed by atoms with Gasteiger partial charge in [0.15, 0.2) is 0 Å². The Labute approximate surface area is 168 Å². The van der Waals surface area contributed by atoms with Gasteiger partial charge in [0.2, 0.25) is 0 Å². The van der Waals surface area contributed by atoms with Crippen molar-refractivity contribution < 1.29 is 17.9 Å². The highest BCUT2D eigenvalue weighted by Gasteiger charge is 2.29. The van der Waals surface area contributed by atoms with Crippen molar-refractivity contribution in [3.05, 3.63) is 64.9 Å².